The maximum absolute atomic E-state index is 5.79. The second-order valence-corrected chi connectivity index (χ2v) is 8.14. The van der Waals surface area contributed by atoms with E-state index in [1.807, 2.05) is 6.92 Å². The first-order chi connectivity index (χ1) is 8.11. The molecule has 1 fully saturated rings. The summed E-state index contributed by atoms with van der Waals surface area (Å²) in [5, 5.41) is 0. The van der Waals surface area contributed by atoms with Crippen LogP contribution >= 0.6 is 21.6 Å². The Labute approximate surface area is 113 Å². The first-order valence-corrected chi connectivity index (χ1v) is 9.06. The van der Waals surface area contributed by atoms with Gasteiger partial charge in [-0.25, -0.2) is 0 Å². The molecule has 17 heavy (non-hydrogen) atoms. The Morgan fingerprint density at radius 1 is 1.59 bits per heavy atom. The fourth-order valence-corrected chi connectivity index (χ4v) is 3.44. The highest BCUT2D eigenvalue weighted by Gasteiger charge is 2.20. The van der Waals surface area contributed by atoms with E-state index in [2.05, 4.69) is 46.6 Å². The first kappa shape index (κ1) is 15.2. The van der Waals surface area contributed by atoms with Crippen LogP contribution in [0.15, 0.2) is 0 Å². The third-order valence-electron chi connectivity index (χ3n) is 2.66. The van der Waals surface area contributed by atoms with Crippen LogP contribution in [0.3, 0.4) is 0 Å². The highest BCUT2D eigenvalue weighted by Crippen LogP contribution is 2.25. The molecule has 0 aromatic heterocycles. The lowest BCUT2D eigenvalue weighted by Crippen LogP contribution is -2.47. The zero-order chi connectivity index (χ0) is 12.7. The van der Waals surface area contributed by atoms with Crippen LogP contribution in [0, 0.1) is 11.8 Å². The van der Waals surface area contributed by atoms with Crippen molar-refractivity contribution in [2.75, 3.05) is 52.0 Å². The SMILES string of the molecule is CC#CCN1CCO[C@H](CN(C)C[SH](C)S)C1. The molecule has 0 radical (unpaired) electrons. The smallest absolute Gasteiger partial charge is 0.0829 e. The number of morpholine rings is 1. The number of thiol groups is 2. The number of rotatable bonds is 5. The molecule has 3 nitrogen and oxygen atoms in total. The largest absolute Gasteiger partial charge is 0.374 e. The van der Waals surface area contributed by atoms with E-state index in [9.17, 15) is 0 Å². The number of likely N-dealkylation sites (N-methyl/N-ethyl adjacent to an activating group) is 1. The lowest BCUT2D eigenvalue weighted by molar-refractivity contribution is -0.0344. The van der Waals surface area contributed by atoms with Gasteiger partial charge < -0.3 is 4.74 Å². The fraction of sp³-hybridized carbons (Fsp3) is 0.833. The molecule has 2 atom stereocenters. The van der Waals surface area contributed by atoms with E-state index in [0.717, 1.165) is 38.7 Å². The maximum atomic E-state index is 5.79. The third kappa shape index (κ3) is 6.58. The molecule has 0 aromatic rings. The summed E-state index contributed by atoms with van der Waals surface area (Å²) in [5.41, 5.74) is 0. The maximum Gasteiger partial charge on any atom is 0.0829 e. The van der Waals surface area contributed by atoms with Crippen molar-refractivity contribution >= 4 is 21.6 Å². The van der Waals surface area contributed by atoms with Crippen molar-refractivity contribution in [1.29, 1.82) is 0 Å². The van der Waals surface area contributed by atoms with Crippen LogP contribution in [0.5, 0.6) is 0 Å². The summed E-state index contributed by atoms with van der Waals surface area (Å²) >= 11 is 4.47. The molecule has 100 valence electrons. The molecule has 0 amide bonds. The van der Waals surface area contributed by atoms with E-state index in [4.69, 9.17) is 4.74 Å². The van der Waals surface area contributed by atoms with Gasteiger partial charge in [-0.3, -0.25) is 9.80 Å². The molecule has 1 heterocycles. The second kappa shape index (κ2) is 8.28. The van der Waals surface area contributed by atoms with Crippen LogP contribution in [0.4, 0.5) is 0 Å². The van der Waals surface area contributed by atoms with E-state index in [0.29, 0.717) is 6.10 Å². The molecule has 1 aliphatic heterocycles. The van der Waals surface area contributed by atoms with Crippen molar-refractivity contribution in [3.05, 3.63) is 0 Å². The van der Waals surface area contributed by atoms with Gasteiger partial charge in [0.15, 0.2) is 0 Å². The first-order valence-electron chi connectivity index (χ1n) is 5.94. The van der Waals surface area contributed by atoms with Crippen LogP contribution in [0.25, 0.3) is 0 Å². The molecule has 0 N–H and O–H groups in total. The molecule has 5 heteroatoms. The highest BCUT2D eigenvalue weighted by molar-refractivity contribution is 8.77. The number of hydrogen-bond donors (Lipinski definition) is 2. The predicted octanol–water partition coefficient (Wildman–Crippen LogP) is 1.08. The van der Waals surface area contributed by atoms with E-state index in [-0.39, 0.29) is 9.93 Å². The van der Waals surface area contributed by atoms with Gasteiger partial charge in [0.05, 0.1) is 19.3 Å². The molecule has 0 spiro atoms. The molecule has 0 aliphatic carbocycles. The average molecular weight is 276 g/mol. The predicted molar refractivity (Wildman–Crippen MR) is 81.0 cm³/mol. The van der Waals surface area contributed by atoms with E-state index < -0.39 is 0 Å². The van der Waals surface area contributed by atoms with Gasteiger partial charge in [0.2, 0.25) is 0 Å². The van der Waals surface area contributed by atoms with Gasteiger partial charge in [-0.1, -0.05) is 5.92 Å². The Morgan fingerprint density at radius 2 is 2.35 bits per heavy atom. The Hall–Kier alpha value is 0.140. The van der Waals surface area contributed by atoms with Gasteiger partial charge in [-0.05, 0) is 20.2 Å². The lowest BCUT2D eigenvalue weighted by Gasteiger charge is -2.34. The molecule has 1 aliphatic rings. The molecule has 0 aromatic carbocycles. The normalized spacial score (nSPS) is 24.3. The summed E-state index contributed by atoms with van der Waals surface area (Å²) in [7, 11) is 1.98. The monoisotopic (exact) mass is 276 g/mol. The molecule has 1 saturated heterocycles. The Bertz CT molecular complexity index is 275. The minimum absolute atomic E-state index is 0.158. The summed E-state index contributed by atoms with van der Waals surface area (Å²) in [6.45, 7) is 6.57. The van der Waals surface area contributed by atoms with E-state index in [1.165, 1.54) is 0 Å². The molecule has 0 bridgehead atoms. The molecular weight excluding hydrogens is 252 g/mol. The summed E-state index contributed by atoms with van der Waals surface area (Å²) in [6, 6.07) is 0. The molecular formula is C12H24N2OS2. The van der Waals surface area contributed by atoms with Crippen molar-refractivity contribution in [3.8, 4) is 11.8 Å². The second-order valence-electron chi connectivity index (χ2n) is 4.49. The van der Waals surface area contributed by atoms with Crippen LogP contribution < -0.4 is 0 Å². The van der Waals surface area contributed by atoms with Gasteiger partial charge in [-0.15, -0.1) is 17.6 Å². The highest BCUT2D eigenvalue weighted by atomic mass is 33.1. The molecule has 1 rings (SSSR count). The van der Waals surface area contributed by atoms with Crippen LogP contribution in [-0.4, -0.2) is 67.9 Å². The summed E-state index contributed by atoms with van der Waals surface area (Å²) < 4.78 is 5.79. The fourth-order valence-electron chi connectivity index (χ4n) is 1.98. The van der Waals surface area contributed by atoms with Crippen molar-refractivity contribution in [1.82, 2.24) is 9.80 Å². The summed E-state index contributed by atoms with van der Waals surface area (Å²) in [4.78, 5) is 4.69. The van der Waals surface area contributed by atoms with Crippen molar-refractivity contribution in [3.63, 3.8) is 0 Å². The van der Waals surface area contributed by atoms with Gasteiger partial charge >= 0.3 is 0 Å². The molecule has 0 saturated carbocycles. The minimum Gasteiger partial charge on any atom is -0.374 e. The quantitative estimate of drug-likeness (QED) is 0.444. The number of nitrogens with zero attached hydrogens (tertiary/aromatic N) is 2. The van der Waals surface area contributed by atoms with Crippen LogP contribution in [0.2, 0.25) is 0 Å². The van der Waals surface area contributed by atoms with Gasteiger partial charge in [-0.2, -0.15) is 9.93 Å². The minimum atomic E-state index is -0.158. The van der Waals surface area contributed by atoms with Crippen molar-refractivity contribution < 1.29 is 4.74 Å². The third-order valence-corrected chi connectivity index (χ3v) is 3.94. The number of hydrogen-bond acceptors (Lipinski definition) is 4. The van der Waals surface area contributed by atoms with Gasteiger partial charge in [0, 0.05) is 25.5 Å². The summed E-state index contributed by atoms with van der Waals surface area (Å²) in [5.74, 6) is 7.13. The Morgan fingerprint density at radius 3 is 3.00 bits per heavy atom. The van der Waals surface area contributed by atoms with Crippen molar-refractivity contribution in [2.45, 2.75) is 13.0 Å². The standard InChI is InChI=1S/C12H24N2OS2/c1-4-5-6-14-7-8-15-12(10-14)9-13(2)11-17(3)16/h12,16-17H,6-11H2,1-3H3/t12-/m1/s1. The zero-order valence-corrected chi connectivity index (χ0v) is 12.8. The van der Waals surface area contributed by atoms with E-state index >= 15 is 0 Å². The van der Waals surface area contributed by atoms with Gasteiger partial charge in [0.25, 0.3) is 0 Å². The Balaban J connectivity index is 2.30. The van der Waals surface area contributed by atoms with E-state index in [1.54, 1.807) is 0 Å². The summed E-state index contributed by atoms with van der Waals surface area (Å²) in [6.07, 6.45) is 2.50. The van der Waals surface area contributed by atoms with Crippen molar-refractivity contribution in [2.24, 2.45) is 0 Å². The topological polar surface area (TPSA) is 15.7 Å². The number of ether oxygens (including phenoxy) is 1. The zero-order valence-electron chi connectivity index (χ0n) is 11.0. The lowest BCUT2D eigenvalue weighted by atomic mass is 10.2. The molecule has 1 unspecified atom stereocenters. The van der Waals surface area contributed by atoms with Crippen LogP contribution in [-0.2, 0) is 4.74 Å². The Kier molecular flexibility index (Phi) is 7.40. The average Bonchev–Trinajstić information content (AvgIpc) is 2.25. The van der Waals surface area contributed by atoms with Gasteiger partial charge in [0.1, 0.15) is 0 Å². The van der Waals surface area contributed by atoms with Crippen LogP contribution in [0.1, 0.15) is 6.92 Å².